The maximum Gasteiger partial charge on any atom is 4.00 e. The Balaban J connectivity index is 0.000000294. The van der Waals surface area contributed by atoms with Gasteiger partial charge in [-0.1, -0.05) is 61.4 Å². The van der Waals surface area contributed by atoms with Crippen LogP contribution < -0.4 is 24.8 Å². The molecule has 0 nitrogen and oxygen atoms in total. The van der Waals surface area contributed by atoms with Crippen LogP contribution in [0.3, 0.4) is 0 Å². The predicted octanol–water partition coefficient (Wildman–Crippen LogP) is 5.62. The van der Waals surface area contributed by atoms with Crippen molar-refractivity contribution in [2.75, 3.05) is 0 Å². The van der Waals surface area contributed by atoms with Gasteiger partial charge in [-0.3, -0.25) is 0 Å². The second kappa shape index (κ2) is 15.6. The minimum Gasteiger partial charge on any atom is -1.00 e. The second-order valence-corrected chi connectivity index (χ2v) is 10.2. The SMILES string of the molecule is CCc1cc2c(-c3ccc(C(F)(F)F)cc3)cccc2[cH-]1.CCc1cc2c(-c3ccc(C(F)(F)F)cc3)cccc2[cH-]1.[Cl-].[Cl-].[Zr+4]. The Hall–Kier alpha value is -2.86. The molecule has 232 valence electrons. The Kier molecular flexibility index (Phi) is 13.3. The molecule has 0 aromatic heterocycles. The van der Waals surface area contributed by atoms with Crippen LogP contribution in [0, 0.1) is 0 Å². The van der Waals surface area contributed by atoms with Crippen LogP contribution in [-0.2, 0) is 51.4 Å². The van der Waals surface area contributed by atoms with E-state index in [0.29, 0.717) is 0 Å². The Morgan fingerprint density at radius 1 is 0.511 bits per heavy atom. The van der Waals surface area contributed by atoms with E-state index in [2.05, 4.69) is 38.1 Å². The smallest absolute Gasteiger partial charge is 1.00 e. The van der Waals surface area contributed by atoms with Crippen molar-refractivity contribution >= 4 is 21.5 Å². The molecule has 0 heterocycles. The van der Waals surface area contributed by atoms with Gasteiger partial charge in [-0.15, -0.1) is 69.1 Å². The van der Waals surface area contributed by atoms with Crippen molar-refractivity contribution in [1.82, 2.24) is 0 Å². The third-order valence-electron chi connectivity index (χ3n) is 7.48. The maximum absolute atomic E-state index is 12.6. The molecule has 6 aromatic carbocycles. The summed E-state index contributed by atoms with van der Waals surface area (Å²) in [4.78, 5) is 0. The number of benzene rings is 4. The predicted molar refractivity (Wildman–Crippen MR) is 159 cm³/mol. The zero-order chi connectivity index (χ0) is 30.1. The van der Waals surface area contributed by atoms with Gasteiger partial charge in [0.25, 0.3) is 0 Å². The van der Waals surface area contributed by atoms with E-state index in [1.807, 2.05) is 36.4 Å². The number of hydrogen-bond acceptors (Lipinski definition) is 0. The molecule has 0 saturated heterocycles. The fourth-order valence-corrected chi connectivity index (χ4v) is 5.18. The molecule has 6 aromatic rings. The van der Waals surface area contributed by atoms with Crippen LogP contribution in [0.5, 0.6) is 0 Å². The Labute approximate surface area is 290 Å². The van der Waals surface area contributed by atoms with Crippen molar-refractivity contribution in [2.45, 2.75) is 39.0 Å². The molecule has 45 heavy (non-hydrogen) atoms. The third-order valence-corrected chi connectivity index (χ3v) is 7.48. The minimum absolute atomic E-state index is 0. The number of alkyl halides is 6. The van der Waals surface area contributed by atoms with E-state index in [1.165, 1.54) is 35.4 Å². The van der Waals surface area contributed by atoms with Crippen LogP contribution in [0.25, 0.3) is 43.8 Å². The normalized spacial score (nSPS) is 11.2. The topological polar surface area (TPSA) is 0 Å². The van der Waals surface area contributed by atoms with Crippen LogP contribution >= 0.6 is 0 Å². The van der Waals surface area contributed by atoms with Gasteiger partial charge in [-0.05, 0) is 48.2 Å². The summed E-state index contributed by atoms with van der Waals surface area (Å²) >= 11 is 0. The van der Waals surface area contributed by atoms with Crippen molar-refractivity contribution < 1.29 is 77.4 Å². The first-order chi connectivity index (χ1) is 20.0. The van der Waals surface area contributed by atoms with Gasteiger partial charge in [0, 0.05) is 0 Å². The monoisotopic (exact) mass is 734 g/mol. The van der Waals surface area contributed by atoms with Crippen molar-refractivity contribution in [3.63, 3.8) is 0 Å². The van der Waals surface area contributed by atoms with Gasteiger partial charge in [-0.2, -0.15) is 38.5 Å². The molecule has 9 heteroatoms. The molecule has 0 bridgehead atoms. The van der Waals surface area contributed by atoms with Crippen molar-refractivity contribution in [3.8, 4) is 22.3 Å². The van der Waals surface area contributed by atoms with Crippen molar-refractivity contribution in [3.05, 3.63) is 131 Å². The molecular weight excluding hydrogens is 709 g/mol. The molecule has 0 N–H and O–H groups in total. The van der Waals surface area contributed by atoms with E-state index < -0.39 is 23.5 Å². The third kappa shape index (κ3) is 8.70. The largest absolute Gasteiger partial charge is 4.00 e. The Bertz CT molecular complexity index is 1680. The molecule has 0 atom stereocenters. The number of hydrogen-bond donors (Lipinski definition) is 0. The van der Waals surface area contributed by atoms with Gasteiger partial charge in [-0.25, -0.2) is 0 Å². The van der Waals surface area contributed by atoms with E-state index in [1.54, 1.807) is 0 Å². The van der Waals surface area contributed by atoms with Crippen LogP contribution in [0.4, 0.5) is 26.3 Å². The molecule has 0 saturated carbocycles. The van der Waals surface area contributed by atoms with E-state index in [-0.39, 0.29) is 51.0 Å². The summed E-state index contributed by atoms with van der Waals surface area (Å²) in [7, 11) is 0. The first-order valence-corrected chi connectivity index (χ1v) is 13.7. The quantitative estimate of drug-likeness (QED) is 0.163. The number of halogens is 8. The molecule has 0 aliphatic carbocycles. The second-order valence-electron chi connectivity index (χ2n) is 10.2. The summed E-state index contributed by atoms with van der Waals surface area (Å²) in [6, 6.07) is 31.0. The van der Waals surface area contributed by atoms with Crippen LogP contribution in [0.15, 0.2) is 109 Å². The summed E-state index contributed by atoms with van der Waals surface area (Å²) in [5.41, 5.74) is 4.81. The van der Waals surface area contributed by atoms with E-state index in [0.717, 1.165) is 80.9 Å². The minimum atomic E-state index is -4.29. The number of fused-ring (bicyclic) bond motifs is 2. The summed E-state index contributed by atoms with van der Waals surface area (Å²) in [6.45, 7) is 4.18. The van der Waals surface area contributed by atoms with E-state index in [4.69, 9.17) is 0 Å². The van der Waals surface area contributed by atoms with Gasteiger partial charge in [0.15, 0.2) is 0 Å². The average Bonchev–Trinajstić information content (AvgIpc) is 3.60. The molecule has 0 spiro atoms. The Morgan fingerprint density at radius 2 is 0.844 bits per heavy atom. The average molecular weight is 737 g/mol. The fourth-order valence-electron chi connectivity index (χ4n) is 5.18. The van der Waals surface area contributed by atoms with Gasteiger partial charge < -0.3 is 24.8 Å². The molecule has 0 fully saturated rings. The molecule has 6 rings (SSSR count). The van der Waals surface area contributed by atoms with Gasteiger partial charge in [0.1, 0.15) is 0 Å². The van der Waals surface area contributed by atoms with E-state index in [9.17, 15) is 26.3 Å². The fraction of sp³-hybridized carbons (Fsp3) is 0.167. The van der Waals surface area contributed by atoms with Crippen LogP contribution in [0.1, 0.15) is 36.1 Å². The first kappa shape index (κ1) is 38.3. The van der Waals surface area contributed by atoms with Gasteiger partial charge in [0.2, 0.25) is 0 Å². The molecule has 0 aliphatic heterocycles. The first-order valence-electron chi connectivity index (χ1n) is 13.7. The molecule has 0 amide bonds. The summed E-state index contributed by atoms with van der Waals surface area (Å²) in [6.07, 6.45) is -6.69. The summed E-state index contributed by atoms with van der Waals surface area (Å²) in [5.74, 6) is 0. The van der Waals surface area contributed by atoms with Crippen molar-refractivity contribution in [2.24, 2.45) is 0 Å². The molecule has 0 aliphatic rings. The standard InChI is InChI=1S/2C18H14F3.2ClH.Zr/c2*1-2-12-10-14-4-3-5-16(17(14)11-12)13-6-8-15(9-7-13)18(19,20)21;;;/h2*3-11H,2H2,1H3;2*1H;/q2*-1;;;+4/p-2. The zero-order valence-electron chi connectivity index (χ0n) is 24.3. The Morgan fingerprint density at radius 3 is 1.13 bits per heavy atom. The number of aryl methyl sites for hydroxylation is 2. The van der Waals surface area contributed by atoms with Crippen LogP contribution in [0.2, 0.25) is 0 Å². The summed E-state index contributed by atoms with van der Waals surface area (Å²) < 4.78 is 75.7. The molecule has 0 unspecified atom stereocenters. The summed E-state index contributed by atoms with van der Waals surface area (Å²) in [5, 5.41) is 4.44. The van der Waals surface area contributed by atoms with Gasteiger partial charge >= 0.3 is 38.6 Å². The number of rotatable bonds is 4. The molecular formula is C36H28Cl2F6Zr. The van der Waals surface area contributed by atoms with Crippen LogP contribution in [-0.4, -0.2) is 0 Å². The molecule has 0 radical (unpaired) electrons. The van der Waals surface area contributed by atoms with E-state index >= 15 is 0 Å². The van der Waals surface area contributed by atoms with Gasteiger partial charge in [0.05, 0.1) is 11.1 Å². The zero-order valence-corrected chi connectivity index (χ0v) is 28.3. The maximum atomic E-state index is 12.6. The van der Waals surface area contributed by atoms with Crippen molar-refractivity contribution in [1.29, 1.82) is 0 Å².